The smallest absolute Gasteiger partial charge is 0.258 e. The van der Waals surface area contributed by atoms with Gasteiger partial charge in [-0.1, -0.05) is 18.2 Å². The third kappa shape index (κ3) is 3.49. The van der Waals surface area contributed by atoms with Crippen molar-refractivity contribution in [1.82, 2.24) is 4.31 Å². The molecule has 0 N–H and O–H groups in total. The Hall–Kier alpha value is -1.99. The van der Waals surface area contributed by atoms with E-state index in [-0.39, 0.29) is 23.7 Å². The third-order valence-electron chi connectivity index (χ3n) is 2.33. The Labute approximate surface area is 111 Å². The first-order valence-electron chi connectivity index (χ1n) is 5.40. The Bertz CT molecular complexity index is 586. The van der Waals surface area contributed by atoms with E-state index in [2.05, 4.69) is 13.2 Å². The van der Waals surface area contributed by atoms with E-state index in [1.165, 1.54) is 30.4 Å². The Kier molecular flexibility index (Phi) is 4.96. The molecule has 0 heterocycles. The molecule has 6 nitrogen and oxygen atoms in total. The van der Waals surface area contributed by atoms with Gasteiger partial charge in [0.05, 0.1) is 9.82 Å². The van der Waals surface area contributed by atoms with Gasteiger partial charge in [0.1, 0.15) is 0 Å². The fraction of sp³-hybridized carbons (Fsp3) is 0.167. The van der Waals surface area contributed by atoms with Gasteiger partial charge in [-0.25, -0.2) is 8.42 Å². The molecule has 0 bridgehead atoms. The van der Waals surface area contributed by atoms with Gasteiger partial charge in [0.2, 0.25) is 10.0 Å². The minimum atomic E-state index is -3.79. The van der Waals surface area contributed by atoms with Crippen molar-refractivity contribution >= 4 is 15.7 Å². The number of non-ortho nitro benzene ring substituents is 1. The first kappa shape index (κ1) is 15.1. The van der Waals surface area contributed by atoms with E-state index in [4.69, 9.17) is 0 Å². The second kappa shape index (κ2) is 6.26. The molecular weight excluding hydrogens is 268 g/mol. The summed E-state index contributed by atoms with van der Waals surface area (Å²) < 4.78 is 25.7. The van der Waals surface area contributed by atoms with Crippen LogP contribution in [0.15, 0.2) is 54.5 Å². The van der Waals surface area contributed by atoms with Gasteiger partial charge in [-0.15, -0.1) is 13.2 Å². The van der Waals surface area contributed by atoms with E-state index < -0.39 is 14.9 Å². The van der Waals surface area contributed by atoms with Crippen molar-refractivity contribution in [1.29, 1.82) is 0 Å². The number of benzene rings is 1. The van der Waals surface area contributed by atoms with E-state index in [9.17, 15) is 18.5 Å². The lowest BCUT2D eigenvalue weighted by Crippen LogP contribution is -2.31. The Morgan fingerprint density at radius 1 is 1.26 bits per heavy atom. The summed E-state index contributed by atoms with van der Waals surface area (Å²) in [7, 11) is -3.79. The fourth-order valence-electron chi connectivity index (χ4n) is 1.47. The molecule has 1 aromatic carbocycles. The molecule has 7 heteroatoms. The van der Waals surface area contributed by atoms with Crippen LogP contribution >= 0.6 is 0 Å². The van der Waals surface area contributed by atoms with Gasteiger partial charge in [-0.2, -0.15) is 4.31 Å². The molecule has 0 radical (unpaired) electrons. The maximum absolute atomic E-state index is 12.3. The molecule has 0 aromatic heterocycles. The number of rotatable bonds is 7. The minimum absolute atomic E-state index is 0.108. The molecule has 102 valence electrons. The van der Waals surface area contributed by atoms with E-state index in [0.29, 0.717) is 0 Å². The highest BCUT2D eigenvalue weighted by Gasteiger charge is 2.24. The number of sulfonamides is 1. The molecule has 0 atom stereocenters. The molecule has 0 aliphatic carbocycles. The molecule has 0 unspecified atom stereocenters. The van der Waals surface area contributed by atoms with Crippen molar-refractivity contribution < 1.29 is 13.3 Å². The monoisotopic (exact) mass is 282 g/mol. The Morgan fingerprint density at radius 3 is 2.32 bits per heavy atom. The third-order valence-corrected chi connectivity index (χ3v) is 4.16. The van der Waals surface area contributed by atoms with Crippen LogP contribution in [0.3, 0.4) is 0 Å². The molecule has 1 rings (SSSR count). The summed E-state index contributed by atoms with van der Waals surface area (Å²) in [6.07, 6.45) is 2.89. The van der Waals surface area contributed by atoms with Crippen LogP contribution in [0.25, 0.3) is 0 Å². The van der Waals surface area contributed by atoms with Crippen molar-refractivity contribution in [2.75, 3.05) is 13.1 Å². The lowest BCUT2D eigenvalue weighted by Gasteiger charge is -2.18. The number of nitrogens with zero attached hydrogens (tertiary/aromatic N) is 2. The number of hydrogen-bond acceptors (Lipinski definition) is 4. The highest BCUT2D eigenvalue weighted by molar-refractivity contribution is 7.89. The van der Waals surface area contributed by atoms with Crippen LogP contribution in [0.1, 0.15) is 0 Å². The summed E-state index contributed by atoms with van der Waals surface area (Å²) >= 11 is 0. The van der Waals surface area contributed by atoms with Crippen LogP contribution in [0.4, 0.5) is 5.69 Å². The van der Waals surface area contributed by atoms with Crippen LogP contribution in [-0.2, 0) is 10.0 Å². The van der Waals surface area contributed by atoms with Gasteiger partial charge in [-0.05, 0) is 6.07 Å². The van der Waals surface area contributed by atoms with Gasteiger partial charge in [0, 0.05) is 25.2 Å². The fourth-order valence-corrected chi connectivity index (χ4v) is 2.89. The zero-order valence-corrected chi connectivity index (χ0v) is 11.0. The zero-order valence-electron chi connectivity index (χ0n) is 10.2. The van der Waals surface area contributed by atoms with E-state index in [1.807, 2.05) is 0 Å². The SMILES string of the molecule is C=CCN(CC=C)S(=O)(=O)c1cccc([N+](=O)[O-])c1. The van der Waals surface area contributed by atoms with Gasteiger partial charge in [0.25, 0.3) is 5.69 Å². The molecule has 0 aliphatic heterocycles. The Morgan fingerprint density at radius 2 is 1.84 bits per heavy atom. The second-order valence-corrected chi connectivity index (χ2v) is 5.59. The van der Waals surface area contributed by atoms with Crippen molar-refractivity contribution in [2.24, 2.45) is 0 Å². The van der Waals surface area contributed by atoms with Crippen molar-refractivity contribution in [3.05, 3.63) is 59.7 Å². The average Bonchev–Trinajstić information content (AvgIpc) is 2.38. The number of nitro benzene ring substituents is 1. The van der Waals surface area contributed by atoms with Gasteiger partial charge >= 0.3 is 0 Å². The summed E-state index contributed by atoms with van der Waals surface area (Å²) in [6, 6.07) is 4.94. The topological polar surface area (TPSA) is 80.5 Å². The zero-order chi connectivity index (χ0) is 14.5. The summed E-state index contributed by atoms with van der Waals surface area (Å²) in [4.78, 5) is 9.91. The standard InChI is InChI=1S/C12H14N2O4S/c1-3-8-13(9-4-2)19(17,18)12-7-5-6-11(10-12)14(15)16/h3-7,10H,1-2,8-9H2. The molecule has 0 spiro atoms. The molecule has 0 fully saturated rings. The summed E-state index contributed by atoms with van der Waals surface area (Å²) in [5.41, 5.74) is -0.266. The highest BCUT2D eigenvalue weighted by Crippen LogP contribution is 2.20. The summed E-state index contributed by atoms with van der Waals surface area (Å²) in [5, 5.41) is 10.7. The lowest BCUT2D eigenvalue weighted by molar-refractivity contribution is -0.385. The van der Waals surface area contributed by atoms with Crippen LogP contribution < -0.4 is 0 Å². The molecule has 0 amide bonds. The predicted molar refractivity (Wildman–Crippen MR) is 72.2 cm³/mol. The van der Waals surface area contributed by atoms with E-state index in [0.717, 1.165) is 10.4 Å². The first-order chi connectivity index (χ1) is 8.93. The molecule has 1 aromatic rings. The maximum Gasteiger partial charge on any atom is 0.270 e. The minimum Gasteiger partial charge on any atom is -0.258 e. The number of nitro groups is 1. The van der Waals surface area contributed by atoms with Crippen LogP contribution in [0.2, 0.25) is 0 Å². The predicted octanol–water partition coefficient (Wildman–Crippen LogP) is 1.96. The molecule has 0 saturated carbocycles. The van der Waals surface area contributed by atoms with Crippen LogP contribution in [-0.4, -0.2) is 30.7 Å². The number of hydrogen-bond donors (Lipinski definition) is 0. The molecule has 19 heavy (non-hydrogen) atoms. The molecular formula is C12H14N2O4S. The van der Waals surface area contributed by atoms with Crippen LogP contribution in [0, 0.1) is 10.1 Å². The molecule has 0 aliphatic rings. The highest BCUT2D eigenvalue weighted by atomic mass is 32.2. The summed E-state index contributed by atoms with van der Waals surface area (Å²) in [6.45, 7) is 7.19. The second-order valence-electron chi connectivity index (χ2n) is 3.65. The van der Waals surface area contributed by atoms with E-state index in [1.54, 1.807) is 0 Å². The first-order valence-corrected chi connectivity index (χ1v) is 6.84. The normalized spacial score (nSPS) is 11.2. The average molecular weight is 282 g/mol. The lowest BCUT2D eigenvalue weighted by atomic mass is 10.3. The van der Waals surface area contributed by atoms with Crippen LogP contribution in [0.5, 0.6) is 0 Å². The van der Waals surface area contributed by atoms with Crippen molar-refractivity contribution in [2.45, 2.75) is 4.90 Å². The van der Waals surface area contributed by atoms with Crippen molar-refractivity contribution in [3.63, 3.8) is 0 Å². The Balaban J connectivity index is 3.24. The van der Waals surface area contributed by atoms with Gasteiger partial charge in [0.15, 0.2) is 0 Å². The van der Waals surface area contributed by atoms with Gasteiger partial charge in [-0.3, -0.25) is 10.1 Å². The molecule has 0 saturated heterocycles. The van der Waals surface area contributed by atoms with Crippen molar-refractivity contribution in [3.8, 4) is 0 Å². The van der Waals surface area contributed by atoms with E-state index >= 15 is 0 Å². The van der Waals surface area contributed by atoms with Gasteiger partial charge < -0.3 is 0 Å². The largest absolute Gasteiger partial charge is 0.270 e. The quantitative estimate of drug-likeness (QED) is 0.435. The maximum atomic E-state index is 12.3. The summed E-state index contributed by atoms with van der Waals surface area (Å²) in [5.74, 6) is 0.